The van der Waals surface area contributed by atoms with Crippen molar-refractivity contribution in [1.29, 1.82) is 0 Å². The number of nitro groups is 1. The molecule has 0 saturated heterocycles. The third-order valence-electron chi connectivity index (χ3n) is 4.43. The molecule has 0 bridgehead atoms. The number of aromatic nitrogens is 2. The van der Waals surface area contributed by atoms with Gasteiger partial charge in [-0.25, -0.2) is 4.98 Å². The van der Waals surface area contributed by atoms with Crippen LogP contribution < -0.4 is 0 Å². The van der Waals surface area contributed by atoms with Gasteiger partial charge < -0.3 is 4.57 Å². The Balaban J connectivity index is 1.87. The van der Waals surface area contributed by atoms with Crippen LogP contribution in [0, 0.1) is 17.0 Å². The highest BCUT2D eigenvalue weighted by Crippen LogP contribution is 2.28. The first kappa shape index (κ1) is 16.0. The molecule has 0 aliphatic rings. The maximum Gasteiger partial charge on any atom is 0.270 e. The van der Waals surface area contributed by atoms with Gasteiger partial charge in [0.1, 0.15) is 5.82 Å². The quantitative estimate of drug-likeness (QED) is 0.388. The molecule has 0 spiro atoms. The predicted octanol–water partition coefficient (Wildman–Crippen LogP) is 4.97. The molecular weight excluding hydrogens is 326 g/mol. The van der Waals surface area contributed by atoms with Crippen molar-refractivity contribution in [3.8, 4) is 11.4 Å². The van der Waals surface area contributed by atoms with Crippen LogP contribution in [0.5, 0.6) is 0 Å². The summed E-state index contributed by atoms with van der Waals surface area (Å²) in [6, 6.07) is 22.9. The first-order valence-corrected chi connectivity index (χ1v) is 8.37. The second kappa shape index (κ2) is 6.44. The number of aryl methyl sites for hydroxylation is 1. The number of hydrogen-bond donors (Lipinski definition) is 0. The molecular formula is C21H17N3O2. The Morgan fingerprint density at radius 1 is 1.00 bits per heavy atom. The molecule has 0 atom stereocenters. The second-order valence-electron chi connectivity index (χ2n) is 6.30. The molecule has 0 saturated carbocycles. The molecule has 0 radical (unpaired) electrons. The number of nitrogens with zero attached hydrogens (tertiary/aromatic N) is 3. The fraction of sp³-hybridized carbons (Fsp3) is 0.0952. The average Bonchev–Trinajstić information content (AvgIpc) is 3.02. The lowest BCUT2D eigenvalue weighted by atomic mass is 10.1. The molecule has 0 N–H and O–H groups in total. The van der Waals surface area contributed by atoms with Crippen molar-refractivity contribution in [3.63, 3.8) is 0 Å². The zero-order chi connectivity index (χ0) is 18.1. The van der Waals surface area contributed by atoms with Gasteiger partial charge in [-0.1, -0.05) is 54.1 Å². The average molecular weight is 343 g/mol. The molecule has 4 rings (SSSR count). The highest BCUT2D eigenvalue weighted by molar-refractivity contribution is 5.81. The Morgan fingerprint density at radius 3 is 2.54 bits per heavy atom. The van der Waals surface area contributed by atoms with E-state index in [1.165, 1.54) is 11.6 Å². The minimum absolute atomic E-state index is 0.0662. The number of imidazole rings is 1. The van der Waals surface area contributed by atoms with E-state index in [1.807, 2.05) is 30.3 Å². The van der Waals surface area contributed by atoms with Crippen molar-refractivity contribution in [2.24, 2.45) is 0 Å². The number of fused-ring (bicyclic) bond motifs is 1. The highest BCUT2D eigenvalue weighted by Gasteiger charge is 2.15. The molecule has 5 heteroatoms. The zero-order valence-corrected chi connectivity index (χ0v) is 14.3. The molecule has 26 heavy (non-hydrogen) atoms. The van der Waals surface area contributed by atoms with Crippen LogP contribution in [0.2, 0.25) is 0 Å². The Bertz CT molecular complexity index is 1100. The van der Waals surface area contributed by atoms with Crippen molar-refractivity contribution in [3.05, 3.63) is 94.0 Å². The first-order valence-electron chi connectivity index (χ1n) is 8.37. The summed E-state index contributed by atoms with van der Waals surface area (Å²) in [5, 5.41) is 11.1. The molecule has 0 unspecified atom stereocenters. The van der Waals surface area contributed by atoms with Gasteiger partial charge in [0.2, 0.25) is 0 Å². The smallest absolute Gasteiger partial charge is 0.270 e. The number of para-hydroxylation sites is 2. The maximum absolute atomic E-state index is 11.1. The minimum Gasteiger partial charge on any atom is -0.319 e. The van der Waals surface area contributed by atoms with Crippen LogP contribution in [0.4, 0.5) is 5.69 Å². The molecule has 0 amide bonds. The molecule has 4 aromatic rings. The maximum atomic E-state index is 11.1. The SMILES string of the molecule is Cc1ccc(Cn2c(-c3cccc([N+](=O)[O-])c3)nc3ccccc32)cc1. The Labute approximate surface area is 150 Å². The van der Waals surface area contributed by atoms with Crippen molar-refractivity contribution < 1.29 is 4.92 Å². The number of rotatable bonds is 4. The monoisotopic (exact) mass is 343 g/mol. The third kappa shape index (κ3) is 2.95. The van der Waals surface area contributed by atoms with Crippen molar-refractivity contribution in [2.45, 2.75) is 13.5 Å². The lowest BCUT2D eigenvalue weighted by Gasteiger charge is -2.10. The number of hydrogen-bond acceptors (Lipinski definition) is 3. The molecule has 128 valence electrons. The summed E-state index contributed by atoms with van der Waals surface area (Å²) < 4.78 is 2.11. The van der Waals surface area contributed by atoms with Crippen molar-refractivity contribution in [2.75, 3.05) is 0 Å². The van der Waals surface area contributed by atoms with Crippen molar-refractivity contribution >= 4 is 16.7 Å². The van der Waals surface area contributed by atoms with E-state index in [1.54, 1.807) is 12.1 Å². The summed E-state index contributed by atoms with van der Waals surface area (Å²) in [6.45, 7) is 2.71. The van der Waals surface area contributed by atoms with Gasteiger partial charge in [0.05, 0.1) is 16.0 Å². The summed E-state index contributed by atoms with van der Waals surface area (Å²) >= 11 is 0. The summed E-state index contributed by atoms with van der Waals surface area (Å²) in [5.41, 5.74) is 5.06. The minimum atomic E-state index is -0.379. The van der Waals surface area contributed by atoms with Gasteiger partial charge in [-0.3, -0.25) is 10.1 Å². The van der Waals surface area contributed by atoms with E-state index in [4.69, 9.17) is 4.98 Å². The molecule has 5 nitrogen and oxygen atoms in total. The lowest BCUT2D eigenvalue weighted by molar-refractivity contribution is -0.384. The molecule has 3 aromatic carbocycles. The topological polar surface area (TPSA) is 61.0 Å². The Kier molecular flexibility index (Phi) is 3.97. The van der Waals surface area contributed by atoms with Gasteiger partial charge in [-0.15, -0.1) is 0 Å². The van der Waals surface area contributed by atoms with Crippen LogP contribution in [0.1, 0.15) is 11.1 Å². The highest BCUT2D eigenvalue weighted by atomic mass is 16.6. The van der Waals surface area contributed by atoms with E-state index in [9.17, 15) is 10.1 Å². The molecule has 0 aliphatic heterocycles. The molecule has 1 heterocycles. The van der Waals surface area contributed by atoms with Crippen LogP contribution in [0.3, 0.4) is 0 Å². The van der Waals surface area contributed by atoms with E-state index < -0.39 is 0 Å². The van der Waals surface area contributed by atoms with Crippen LogP contribution in [0.15, 0.2) is 72.8 Å². The van der Waals surface area contributed by atoms with Gasteiger partial charge in [0.15, 0.2) is 0 Å². The molecule has 0 aliphatic carbocycles. The fourth-order valence-corrected chi connectivity index (χ4v) is 3.09. The third-order valence-corrected chi connectivity index (χ3v) is 4.43. The Morgan fingerprint density at radius 2 is 1.77 bits per heavy atom. The van der Waals surface area contributed by atoms with Crippen LogP contribution in [0.25, 0.3) is 22.4 Å². The van der Waals surface area contributed by atoms with Crippen LogP contribution in [-0.4, -0.2) is 14.5 Å². The van der Waals surface area contributed by atoms with Crippen LogP contribution >= 0.6 is 0 Å². The van der Waals surface area contributed by atoms with E-state index in [0.29, 0.717) is 6.54 Å². The molecule has 0 fully saturated rings. The summed E-state index contributed by atoms with van der Waals surface area (Å²) in [7, 11) is 0. The number of nitro benzene ring substituents is 1. The van der Waals surface area contributed by atoms with Gasteiger partial charge in [0, 0.05) is 24.2 Å². The van der Waals surface area contributed by atoms with Gasteiger partial charge in [-0.05, 0) is 24.6 Å². The number of non-ortho nitro benzene ring substituents is 1. The van der Waals surface area contributed by atoms with Gasteiger partial charge >= 0.3 is 0 Å². The normalized spacial score (nSPS) is 11.0. The summed E-state index contributed by atoms with van der Waals surface area (Å²) in [5.74, 6) is 0.732. The second-order valence-corrected chi connectivity index (χ2v) is 6.30. The first-order chi connectivity index (χ1) is 12.6. The van der Waals surface area contributed by atoms with Crippen LogP contribution in [-0.2, 0) is 6.54 Å². The largest absolute Gasteiger partial charge is 0.319 e. The number of benzene rings is 3. The van der Waals surface area contributed by atoms with E-state index >= 15 is 0 Å². The lowest BCUT2D eigenvalue weighted by Crippen LogP contribution is -2.02. The standard InChI is InChI=1S/C21H17N3O2/c1-15-9-11-16(12-10-15)14-23-20-8-3-2-7-19(20)22-21(23)17-5-4-6-18(13-17)24(25)26/h2-13H,14H2,1H3. The van der Waals surface area contributed by atoms with Gasteiger partial charge in [-0.2, -0.15) is 0 Å². The molecule has 1 aromatic heterocycles. The summed E-state index contributed by atoms with van der Waals surface area (Å²) in [4.78, 5) is 15.5. The Hall–Kier alpha value is -3.47. The zero-order valence-electron chi connectivity index (χ0n) is 14.3. The summed E-state index contributed by atoms with van der Waals surface area (Å²) in [6.07, 6.45) is 0. The van der Waals surface area contributed by atoms with Crippen molar-refractivity contribution in [1.82, 2.24) is 9.55 Å². The fourth-order valence-electron chi connectivity index (χ4n) is 3.09. The van der Waals surface area contributed by atoms with E-state index in [2.05, 4.69) is 35.8 Å². The van der Waals surface area contributed by atoms with E-state index in [-0.39, 0.29) is 10.6 Å². The van der Waals surface area contributed by atoms with Gasteiger partial charge in [0.25, 0.3) is 5.69 Å². The predicted molar refractivity (Wildman–Crippen MR) is 102 cm³/mol. The van der Waals surface area contributed by atoms with E-state index in [0.717, 1.165) is 28.0 Å².